The van der Waals surface area contributed by atoms with Crippen LogP contribution in [-0.2, 0) is 31.4 Å². The van der Waals surface area contributed by atoms with Gasteiger partial charge in [-0.25, -0.2) is 0 Å². The minimum Gasteiger partial charge on any atom is -0.376 e. The topological polar surface area (TPSA) is 64.4 Å². The third-order valence-electron chi connectivity index (χ3n) is 5.23. The normalized spacial score (nSPS) is 16.4. The molecule has 4 rings (SSSR count). The Morgan fingerprint density at radius 1 is 1.31 bits per heavy atom. The Bertz CT molecular complexity index is 886. The first-order valence-corrected chi connectivity index (χ1v) is 9.11. The van der Waals surface area contributed by atoms with Crippen LogP contribution in [0.25, 0.3) is 0 Å². The smallest absolute Gasteiger partial charge is 0.270 e. The fourth-order valence-electron chi connectivity index (χ4n) is 3.43. The molecule has 1 fully saturated rings. The number of rotatable bonds is 5. The van der Waals surface area contributed by atoms with Crippen LogP contribution >= 0.6 is 0 Å². The van der Waals surface area contributed by atoms with E-state index in [2.05, 4.69) is 4.98 Å². The van der Waals surface area contributed by atoms with Gasteiger partial charge in [0.2, 0.25) is 0 Å². The molecular formula is C20H23N3O3. The van der Waals surface area contributed by atoms with E-state index in [1.54, 1.807) is 24.1 Å². The van der Waals surface area contributed by atoms with Gasteiger partial charge in [0.1, 0.15) is 5.69 Å². The maximum Gasteiger partial charge on any atom is 0.270 e. The molecule has 2 aliphatic rings. The first-order valence-electron chi connectivity index (χ1n) is 9.11. The van der Waals surface area contributed by atoms with Crippen LogP contribution in [0.1, 0.15) is 40.0 Å². The summed E-state index contributed by atoms with van der Waals surface area (Å²) in [5.41, 5.74) is 3.69. The van der Waals surface area contributed by atoms with Crippen molar-refractivity contribution in [1.29, 1.82) is 0 Å². The third-order valence-corrected chi connectivity index (χ3v) is 5.23. The lowest BCUT2D eigenvalue weighted by Gasteiger charge is -2.30. The molecule has 2 aromatic heterocycles. The van der Waals surface area contributed by atoms with Gasteiger partial charge in [0.05, 0.1) is 6.61 Å². The van der Waals surface area contributed by atoms with E-state index in [1.807, 2.05) is 12.4 Å². The minimum absolute atomic E-state index is 0.119. The number of ether oxygens (including phenoxy) is 1. The van der Waals surface area contributed by atoms with Crippen molar-refractivity contribution in [1.82, 2.24) is 14.5 Å². The Kier molecular flexibility index (Phi) is 4.59. The summed E-state index contributed by atoms with van der Waals surface area (Å²) < 4.78 is 7.22. The maximum atomic E-state index is 12.8. The van der Waals surface area contributed by atoms with Crippen molar-refractivity contribution in [3.05, 3.63) is 63.3 Å². The molecule has 6 nitrogen and oxygen atoms in total. The number of amides is 1. The van der Waals surface area contributed by atoms with Gasteiger partial charge in [-0.3, -0.25) is 14.6 Å². The first kappa shape index (κ1) is 17.0. The van der Waals surface area contributed by atoms with Crippen molar-refractivity contribution < 1.29 is 9.53 Å². The number of carbonyl (C=O) groups is 1. The van der Waals surface area contributed by atoms with Gasteiger partial charge in [-0.15, -0.1) is 0 Å². The molecule has 1 aliphatic carbocycles. The maximum absolute atomic E-state index is 12.8. The highest BCUT2D eigenvalue weighted by Crippen LogP contribution is 2.29. The molecule has 0 bridgehead atoms. The average molecular weight is 353 g/mol. The lowest BCUT2D eigenvalue weighted by molar-refractivity contribution is 0.0721. The molecule has 0 spiro atoms. The van der Waals surface area contributed by atoms with E-state index < -0.39 is 0 Å². The monoisotopic (exact) mass is 353 g/mol. The molecule has 6 heteroatoms. The number of nitrogens with zero attached hydrogens (tertiary/aromatic N) is 3. The first-order chi connectivity index (χ1) is 12.6. The summed E-state index contributed by atoms with van der Waals surface area (Å²) in [6.07, 6.45) is 7.06. The van der Waals surface area contributed by atoms with Gasteiger partial charge in [0.15, 0.2) is 0 Å². The number of aromatic nitrogens is 2. The summed E-state index contributed by atoms with van der Waals surface area (Å²) in [7, 11) is 1.63. The van der Waals surface area contributed by atoms with Gasteiger partial charge in [-0.05, 0) is 47.9 Å². The Morgan fingerprint density at radius 3 is 2.96 bits per heavy atom. The van der Waals surface area contributed by atoms with Gasteiger partial charge in [0.25, 0.3) is 11.5 Å². The molecule has 0 N–H and O–H groups in total. The number of hydrogen-bond acceptors (Lipinski definition) is 4. The van der Waals surface area contributed by atoms with Gasteiger partial charge < -0.3 is 14.2 Å². The van der Waals surface area contributed by atoms with E-state index >= 15 is 0 Å². The molecule has 0 radical (unpaired) electrons. The Hall–Kier alpha value is -2.47. The van der Waals surface area contributed by atoms with Gasteiger partial charge in [-0.2, -0.15) is 0 Å². The molecule has 0 saturated heterocycles. The Morgan fingerprint density at radius 2 is 2.15 bits per heavy atom. The Balaban J connectivity index is 1.49. The number of pyridine rings is 2. The fourth-order valence-corrected chi connectivity index (χ4v) is 3.43. The van der Waals surface area contributed by atoms with E-state index in [1.165, 1.54) is 29.0 Å². The summed E-state index contributed by atoms with van der Waals surface area (Å²) in [5, 5.41) is 0. The van der Waals surface area contributed by atoms with Crippen LogP contribution in [0.3, 0.4) is 0 Å². The van der Waals surface area contributed by atoms with Crippen LogP contribution in [0.2, 0.25) is 0 Å². The molecular weight excluding hydrogens is 330 g/mol. The van der Waals surface area contributed by atoms with E-state index in [9.17, 15) is 9.59 Å². The molecule has 0 aromatic carbocycles. The van der Waals surface area contributed by atoms with Crippen LogP contribution in [0.4, 0.5) is 0 Å². The summed E-state index contributed by atoms with van der Waals surface area (Å²) in [4.78, 5) is 30.8. The zero-order valence-electron chi connectivity index (χ0n) is 15.0. The SMILES string of the molecule is Cn1c(C(=O)N2CCc3c(COCC4CC4)cncc3C2)cccc1=O. The van der Waals surface area contributed by atoms with E-state index in [-0.39, 0.29) is 11.5 Å². The highest BCUT2D eigenvalue weighted by molar-refractivity contribution is 5.92. The molecule has 0 atom stereocenters. The van der Waals surface area contributed by atoms with Crippen molar-refractivity contribution in [3.63, 3.8) is 0 Å². The highest BCUT2D eigenvalue weighted by atomic mass is 16.5. The molecule has 1 saturated carbocycles. The average Bonchev–Trinajstić information content (AvgIpc) is 3.47. The molecule has 2 aromatic rings. The second-order valence-electron chi connectivity index (χ2n) is 7.18. The van der Waals surface area contributed by atoms with Crippen LogP contribution in [-0.4, -0.2) is 33.5 Å². The zero-order chi connectivity index (χ0) is 18.1. The molecule has 1 aliphatic heterocycles. The van der Waals surface area contributed by atoms with Crippen molar-refractivity contribution in [2.75, 3.05) is 13.2 Å². The second kappa shape index (κ2) is 7.03. The van der Waals surface area contributed by atoms with Gasteiger partial charge in [-0.1, -0.05) is 6.07 Å². The van der Waals surface area contributed by atoms with Crippen molar-refractivity contribution in [2.24, 2.45) is 13.0 Å². The van der Waals surface area contributed by atoms with Crippen LogP contribution in [0.15, 0.2) is 35.4 Å². The second-order valence-corrected chi connectivity index (χ2v) is 7.18. The predicted molar refractivity (Wildman–Crippen MR) is 96.7 cm³/mol. The van der Waals surface area contributed by atoms with Crippen molar-refractivity contribution in [2.45, 2.75) is 32.4 Å². The van der Waals surface area contributed by atoms with E-state index in [0.29, 0.717) is 25.4 Å². The van der Waals surface area contributed by atoms with Gasteiger partial charge in [0, 0.05) is 45.2 Å². The molecule has 136 valence electrons. The van der Waals surface area contributed by atoms with E-state index in [0.717, 1.165) is 30.1 Å². The van der Waals surface area contributed by atoms with E-state index in [4.69, 9.17) is 4.74 Å². The molecule has 26 heavy (non-hydrogen) atoms. The minimum atomic E-state index is -0.176. The fraction of sp³-hybridized carbons (Fsp3) is 0.450. The van der Waals surface area contributed by atoms with Crippen molar-refractivity contribution in [3.8, 4) is 0 Å². The molecule has 0 unspecified atom stereocenters. The van der Waals surface area contributed by atoms with Crippen LogP contribution in [0, 0.1) is 5.92 Å². The largest absolute Gasteiger partial charge is 0.376 e. The lowest BCUT2D eigenvalue weighted by atomic mass is 9.97. The molecule has 3 heterocycles. The number of hydrogen-bond donors (Lipinski definition) is 0. The highest BCUT2D eigenvalue weighted by Gasteiger charge is 2.25. The predicted octanol–water partition coefficient (Wildman–Crippen LogP) is 1.91. The summed E-state index contributed by atoms with van der Waals surface area (Å²) in [6.45, 7) is 2.57. The summed E-state index contributed by atoms with van der Waals surface area (Å²) >= 11 is 0. The van der Waals surface area contributed by atoms with Gasteiger partial charge >= 0.3 is 0 Å². The van der Waals surface area contributed by atoms with Crippen LogP contribution in [0.5, 0.6) is 0 Å². The standard InChI is InChI=1S/C20H23N3O3/c1-22-18(3-2-4-19(22)24)20(25)23-8-7-17-15(11-23)9-21-10-16(17)13-26-12-14-5-6-14/h2-4,9-10,14H,5-8,11-13H2,1H3. The molecule has 1 amide bonds. The third kappa shape index (κ3) is 3.42. The number of carbonyl (C=O) groups excluding carboxylic acids is 1. The summed E-state index contributed by atoms with van der Waals surface area (Å²) in [6, 6.07) is 4.78. The lowest BCUT2D eigenvalue weighted by Crippen LogP contribution is -2.39. The number of fused-ring (bicyclic) bond motifs is 1. The quantitative estimate of drug-likeness (QED) is 0.824. The van der Waals surface area contributed by atoms with Crippen molar-refractivity contribution >= 4 is 5.91 Å². The van der Waals surface area contributed by atoms with Crippen LogP contribution < -0.4 is 5.56 Å². The zero-order valence-corrected chi connectivity index (χ0v) is 15.0. The Labute approximate surface area is 152 Å². The summed E-state index contributed by atoms with van der Waals surface area (Å²) in [5.74, 6) is 0.624.